The van der Waals surface area contributed by atoms with E-state index in [0.29, 0.717) is 5.92 Å². The van der Waals surface area contributed by atoms with Crippen LogP contribution in [-0.2, 0) is 6.42 Å². The molecule has 1 aliphatic rings. The first-order valence-electron chi connectivity index (χ1n) is 7.45. The normalized spacial score (nSPS) is 27.6. The Labute approximate surface area is 130 Å². The first-order valence-corrected chi connectivity index (χ1v) is 8.24. The molecule has 2 rings (SSSR count). The second-order valence-electron chi connectivity index (χ2n) is 7.31. The van der Waals surface area contributed by atoms with Crippen LogP contribution in [0.4, 0.5) is 4.39 Å². The van der Waals surface area contributed by atoms with Gasteiger partial charge in [0.15, 0.2) is 0 Å². The van der Waals surface area contributed by atoms with Crippen molar-refractivity contribution in [1.82, 2.24) is 0 Å². The van der Waals surface area contributed by atoms with Gasteiger partial charge in [0.2, 0.25) is 0 Å². The lowest BCUT2D eigenvalue weighted by atomic mass is 9.61. The highest BCUT2D eigenvalue weighted by Crippen LogP contribution is 2.45. The Balaban J connectivity index is 2.30. The molecule has 0 radical (unpaired) electrons. The molecule has 1 aromatic rings. The molecular formula is C17H25BrFN. The van der Waals surface area contributed by atoms with Crippen LogP contribution in [0, 0.1) is 17.2 Å². The fourth-order valence-electron chi connectivity index (χ4n) is 3.80. The van der Waals surface area contributed by atoms with E-state index in [-0.39, 0.29) is 16.8 Å². The molecule has 2 atom stereocenters. The van der Waals surface area contributed by atoms with Crippen molar-refractivity contribution < 1.29 is 4.39 Å². The summed E-state index contributed by atoms with van der Waals surface area (Å²) in [5.41, 5.74) is 7.75. The molecule has 0 spiro atoms. The number of nitrogens with two attached hydrogens (primary N) is 1. The van der Waals surface area contributed by atoms with Crippen LogP contribution >= 0.6 is 15.9 Å². The van der Waals surface area contributed by atoms with E-state index in [4.69, 9.17) is 5.73 Å². The van der Waals surface area contributed by atoms with Crippen LogP contribution in [0.1, 0.15) is 52.0 Å². The highest BCUT2D eigenvalue weighted by molar-refractivity contribution is 9.10. The molecule has 0 heterocycles. The van der Waals surface area contributed by atoms with E-state index >= 15 is 0 Å². The molecule has 1 nitrogen and oxygen atoms in total. The molecule has 112 valence electrons. The summed E-state index contributed by atoms with van der Waals surface area (Å²) in [6.07, 6.45) is 5.37. The fraction of sp³-hybridized carbons (Fsp3) is 0.647. The van der Waals surface area contributed by atoms with Gasteiger partial charge < -0.3 is 5.73 Å². The predicted molar refractivity (Wildman–Crippen MR) is 86.1 cm³/mol. The molecule has 1 fully saturated rings. The maximum Gasteiger partial charge on any atom is 0.123 e. The molecule has 1 saturated carbocycles. The molecule has 0 aromatic heterocycles. The summed E-state index contributed by atoms with van der Waals surface area (Å²) < 4.78 is 14.5. The van der Waals surface area contributed by atoms with E-state index in [2.05, 4.69) is 36.7 Å². The second-order valence-corrected chi connectivity index (χ2v) is 8.16. The Hall–Kier alpha value is -0.410. The zero-order valence-corrected chi connectivity index (χ0v) is 14.3. The average molecular weight is 342 g/mol. The summed E-state index contributed by atoms with van der Waals surface area (Å²) in [5.74, 6) is 0.286. The Morgan fingerprint density at radius 3 is 2.70 bits per heavy atom. The zero-order chi connectivity index (χ0) is 15.0. The quantitative estimate of drug-likeness (QED) is 0.798. The van der Waals surface area contributed by atoms with E-state index in [1.54, 1.807) is 12.1 Å². The predicted octanol–water partition coefficient (Wildman–Crippen LogP) is 5.06. The number of halogens is 2. The largest absolute Gasteiger partial charge is 0.325 e. The van der Waals surface area contributed by atoms with Gasteiger partial charge in [-0.25, -0.2) is 4.39 Å². The summed E-state index contributed by atoms with van der Waals surface area (Å²) in [5, 5.41) is 0. The Morgan fingerprint density at radius 2 is 2.05 bits per heavy atom. The van der Waals surface area contributed by atoms with Crippen molar-refractivity contribution in [2.45, 2.75) is 58.4 Å². The molecule has 0 aliphatic heterocycles. The van der Waals surface area contributed by atoms with Crippen molar-refractivity contribution in [2.75, 3.05) is 0 Å². The molecule has 1 aromatic carbocycles. The summed E-state index contributed by atoms with van der Waals surface area (Å²) in [7, 11) is 0. The molecule has 20 heavy (non-hydrogen) atoms. The Bertz CT molecular complexity index is 480. The highest BCUT2D eigenvalue weighted by Gasteiger charge is 2.43. The Kier molecular flexibility index (Phi) is 4.60. The smallest absolute Gasteiger partial charge is 0.123 e. The molecule has 1 aliphatic carbocycles. The van der Waals surface area contributed by atoms with Crippen molar-refractivity contribution in [3.05, 3.63) is 34.1 Å². The minimum Gasteiger partial charge on any atom is -0.325 e. The van der Waals surface area contributed by atoms with Gasteiger partial charge in [-0.2, -0.15) is 0 Å². The summed E-state index contributed by atoms with van der Waals surface area (Å²) in [4.78, 5) is 0. The van der Waals surface area contributed by atoms with Gasteiger partial charge in [0, 0.05) is 10.0 Å². The van der Waals surface area contributed by atoms with Gasteiger partial charge >= 0.3 is 0 Å². The van der Waals surface area contributed by atoms with E-state index in [0.717, 1.165) is 22.9 Å². The summed E-state index contributed by atoms with van der Waals surface area (Å²) >= 11 is 3.53. The molecule has 0 bridgehead atoms. The topological polar surface area (TPSA) is 26.0 Å². The standard InChI is InChI=1S/C17H25BrFN/c1-16(2,3)15-6-4-5-9-17(15,20)11-12-10-13(19)7-8-14(12)18/h7-8,10,15H,4-6,9,11,20H2,1-3H3. The fourth-order valence-corrected chi connectivity index (χ4v) is 4.19. The van der Waals surface area contributed by atoms with Gasteiger partial charge in [0.1, 0.15) is 5.82 Å². The zero-order valence-electron chi connectivity index (χ0n) is 12.7. The maximum atomic E-state index is 13.5. The Morgan fingerprint density at radius 1 is 1.35 bits per heavy atom. The third-order valence-electron chi connectivity index (χ3n) is 4.65. The van der Waals surface area contributed by atoms with Crippen molar-refractivity contribution in [1.29, 1.82) is 0 Å². The molecule has 3 heteroatoms. The van der Waals surface area contributed by atoms with Crippen LogP contribution < -0.4 is 5.73 Å². The van der Waals surface area contributed by atoms with E-state index in [9.17, 15) is 4.39 Å². The van der Waals surface area contributed by atoms with Gasteiger partial charge in [-0.3, -0.25) is 0 Å². The monoisotopic (exact) mass is 341 g/mol. The number of rotatable bonds is 2. The molecule has 0 amide bonds. The van der Waals surface area contributed by atoms with Gasteiger partial charge in [-0.05, 0) is 54.4 Å². The number of benzene rings is 1. The first kappa shape index (κ1) is 16.0. The average Bonchev–Trinajstić information content (AvgIpc) is 2.32. The van der Waals surface area contributed by atoms with E-state index < -0.39 is 0 Å². The third-order valence-corrected chi connectivity index (χ3v) is 5.43. The minimum atomic E-state index is -0.229. The van der Waals surface area contributed by atoms with Crippen LogP contribution in [0.3, 0.4) is 0 Å². The third kappa shape index (κ3) is 3.43. The molecule has 2 N–H and O–H groups in total. The molecular weight excluding hydrogens is 317 g/mol. The van der Waals surface area contributed by atoms with Gasteiger partial charge in [-0.1, -0.05) is 49.5 Å². The lowest BCUT2D eigenvalue weighted by Crippen LogP contribution is -2.55. The lowest BCUT2D eigenvalue weighted by Gasteiger charge is -2.48. The van der Waals surface area contributed by atoms with Crippen LogP contribution in [0.5, 0.6) is 0 Å². The summed E-state index contributed by atoms with van der Waals surface area (Å²) in [6, 6.07) is 4.88. The number of hydrogen-bond donors (Lipinski definition) is 1. The molecule has 0 saturated heterocycles. The lowest BCUT2D eigenvalue weighted by molar-refractivity contribution is 0.0791. The van der Waals surface area contributed by atoms with Crippen LogP contribution in [0.25, 0.3) is 0 Å². The van der Waals surface area contributed by atoms with Crippen LogP contribution in [-0.4, -0.2) is 5.54 Å². The number of hydrogen-bond acceptors (Lipinski definition) is 1. The second kappa shape index (κ2) is 5.76. The summed E-state index contributed by atoms with van der Waals surface area (Å²) in [6.45, 7) is 6.81. The first-order chi connectivity index (χ1) is 9.22. The van der Waals surface area contributed by atoms with Crippen LogP contribution in [0.2, 0.25) is 0 Å². The van der Waals surface area contributed by atoms with Crippen molar-refractivity contribution in [2.24, 2.45) is 17.1 Å². The van der Waals surface area contributed by atoms with Crippen molar-refractivity contribution in [3.63, 3.8) is 0 Å². The molecule has 2 unspecified atom stereocenters. The van der Waals surface area contributed by atoms with Gasteiger partial charge in [0.05, 0.1) is 0 Å². The van der Waals surface area contributed by atoms with Crippen molar-refractivity contribution in [3.8, 4) is 0 Å². The van der Waals surface area contributed by atoms with E-state index in [1.165, 1.54) is 25.3 Å². The van der Waals surface area contributed by atoms with E-state index in [1.807, 2.05) is 0 Å². The van der Waals surface area contributed by atoms with Crippen LogP contribution in [0.15, 0.2) is 22.7 Å². The van der Waals surface area contributed by atoms with Gasteiger partial charge in [0.25, 0.3) is 0 Å². The SMILES string of the molecule is CC(C)(C)C1CCCCC1(N)Cc1cc(F)ccc1Br. The minimum absolute atomic E-state index is 0.185. The maximum absolute atomic E-state index is 13.5. The highest BCUT2D eigenvalue weighted by atomic mass is 79.9. The van der Waals surface area contributed by atoms with Crippen molar-refractivity contribution >= 4 is 15.9 Å². The van der Waals surface area contributed by atoms with Gasteiger partial charge in [-0.15, -0.1) is 0 Å².